The minimum atomic E-state index is 0.247. The average molecular weight is 260 g/mol. The summed E-state index contributed by atoms with van der Waals surface area (Å²) in [6.45, 7) is 4.55. The van der Waals surface area contributed by atoms with Crippen molar-refractivity contribution in [3.63, 3.8) is 0 Å². The number of rotatable bonds is 4. The Labute approximate surface area is 121 Å². The van der Waals surface area contributed by atoms with Crippen molar-refractivity contribution in [1.82, 2.24) is 0 Å². The summed E-state index contributed by atoms with van der Waals surface area (Å²) < 4.78 is 0. The van der Waals surface area contributed by atoms with Gasteiger partial charge < -0.3 is 0 Å². The highest BCUT2D eigenvalue weighted by molar-refractivity contribution is 5.88. The quantitative estimate of drug-likeness (QED) is 0.653. The van der Waals surface area contributed by atoms with Gasteiger partial charge in [-0.15, -0.1) is 0 Å². The van der Waals surface area contributed by atoms with E-state index in [0.29, 0.717) is 0 Å². The van der Waals surface area contributed by atoms with Crippen LogP contribution in [-0.4, -0.2) is 0 Å². The lowest BCUT2D eigenvalue weighted by Gasteiger charge is -2.65. The van der Waals surface area contributed by atoms with Crippen LogP contribution in [0.4, 0.5) is 0 Å². The van der Waals surface area contributed by atoms with Crippen molar-refractivity contribution in [2.45, 2.75) is 39.5 Å². The zero-order valence-electron chi connectivity index (χ0n) is 12.3. The van der Waals surface area contributed by atoms with Crippen LogP contribution in [0.15, 0.2) is 69.9 Å². The Morgan fingerprint density at radius 2 is 1.15 bits per heavy atom. The van der Waals surface area contributed by atoms with Crippen molar-refractivity contribution in [3.8, 4) is 0 Å². The highest BCUT2D eigenvalue weighted by Gasteiger charge is 2.72. The summed E-state index contributed by atoms with van der Waals surface area (Å²) in [4.78, 5) is 0. The van der Waals surface area contributed by atoms with Gasteiger partial charge in [0.2, 0.25) is 0 Å². The lowest BCUT2D eigenvalue weighted by Crippen LogP contribution is -2.56. The molecule has 5 rings (SSSR count). The zero-order chi connectivity index (χ0) is 13.5. The molecule has 0 aromatic heterocycles. The van der Waals surface area contributed by atoms with Crippen LogP contribution in [0.25, 0.3) is 0 Å². The van der Waals surface area contributed by atoms with Crippen LogP contribution in [0.3, 0.4) is 0 Å². The summed E-state index contributed by atoms with van der Waals surface area (Å²) in [6, 6.07) is 0. The molecule has 1 saturated carbocycles. The standard InChI is InChI=1S/C20H20/c1-3-5-13-11-19-15(13)7-9-17(19)20-12-14(6-4-2)16(20)8-10-18(19)20/h7-12H,3-6H2,1-2H3. The van der Waals surface area contributed by atoms with Crippen molar-refractivity contribution >= 4 is 0 Å². The molecule has 2 spiro atoms. The van der Waals surface area contributed by atoms with Gasteiger partial charge in [0.1, 0.15) is 0 Å². The number of hydrogen-bond donors (Lipinski definition) is 0. The van der Waals surface area contributed by atoms with Crippen LogP contribution >= 0.6 is 0 Å². The van der Waals surface area contributed by atoms with Crippen LogP contribution in [0, 0.1) is 10.8 Å². The van der Waals surface area contributed by atoms with Gasteiger partial charge in [-0.3, -0.25) is 0 Å². The van der Waals surface area contributed by atoms with E-state index in [1.807, 2.05) is 0 Å². The fourth-order valence-electron chi connectivity index (χ4n) is 5.21. The summed E-state index contributed by atoms with van der Waals surface area (Å²) in [6.07, 6.45) is 19.7. The van der Waals surface area contributed by atoms with Gasteiger partial charge in [-0.2, -0.15) is 0 Å². The van der Waals surface area contributed by atoms with Gasteiger partial charge in [-0.1, -0.05) is 63.1 Å². The largest absolute Gasteiger partial charge is 0.0651 e. The van der Waals surface area contributed by atoms with E-state index < -0.39 is 0 Å². The molecule has 0 saturated heterocycles. The van der Waals surface area contributed by atoms with Crippen LogP contribution in [0.1, 0.15) is 39.5 Å². The Kier molecular flexibility index (Phi) is 1.78. The Balaban J connectivity index is 1.57. The first-order valence-electron chi connectivity index (χ1n) is 8.10. The third kappa shape index (κ3) is 0.837. The molecule has 0 atom stereocenters. The second-order valence-corrected chi connectivity index (χ2v) is 6.78. The first-order valence-corrected chi connectivity index (χ1v) is 8.10. The molecular formula is C20H20. The molecule has 0 N–H and O–H groups in total. The fraction of sp³-hybridized carbons (Fsp3) is 0.400. The monoisotopic (exact) mass is 260 g/mol. The van der Waals surface area contributed by atoms with Gasteiger partial charge in [0.05, 0.1) is 10.8 Å². The minimum absolute atomic E-state index is 0.247. The van der Waals surface area contributed by atoms with Gasteiger partial charge in [0.25, 0.3) is 0 Å². The summed E-state index contributed by atoms with van der Waals surface area (Å²) in [5.74, 6) is 0. The Morgan fingerprint density at radius 3 is 1.55 bits per heavy atom. The Bertz CT molecular complexity index is 652. The lowest BCUT2D eigenvalue weighted by molar-refractivity contribution is 0.336. The van der Waals surface area contributed by atoms with E-state index in [2.05, 4.69) is 50.3 Å². The Morgan fingerprint density at radius 1 is 0.700 bits per heavy atom. The van der Waals surface area contributed by atoms with Gasteiger partial charge in [-0.25, -0.2) is 0 Å². The molecule has 0 radical (unpaired) electrons. The first kappa shape index (κ1) is 11.1. The maximum atomic E-state index is 2.56. The topological polar surface area (TPSA) is 0 Å². The van der Waals surface area contributed by atoms with Crippen LogP contribution in [0.2, 0.25) is 0 Å². The number of allylic oxidation sites excluding steroid dienone is 12. The third-order valence-electron chi connectivity index (χ3n) is 5.89. The average Bonchev–Trinajstić information content (AvgIpc) is 2.81. The zero-order valence-corrected chi connectivity index (χ0v) is 12.3. The first-order chi connectivity index (χ1) is 9.79. The molecular weight excluding hydrogens is 240 g/mol. The predicted octanol–water partition coefficient (Wildman–Crippen LogP) is 5.19. The van der Waals surface area contributed by atoms with Crippen molar-refractivity contribution in [2.24, 2.45) is 10.8 Å². The van der Waals surface area contributed by atoms with Crippen LogP contribution < -0.4 is 0 Å². The molecule has 0 heteroatoms. The minimum Gasteiger partial charge on any atom is -0.0651 e. The number of hydrogen-bond acceptors (Lipinski definition) is 0. The lowest BCUT2D eigenvalue weighted by atomic mass is 9.36. The van der Waals surface area contributed by atoms with Crippen molar-refractivity contribution < 1.29 is 0 Å². The maximum absolute atomic E-state index is 2.56. The van der Waals surface area contributed by atoms with E-state index in [9.17, 15) is 0 Å². The second-order valence-electron chi connectivity index (χ2n) is 6.78. The van der Waals surface area contributed by atoms with Gasteiger partial charge in [0.15, 0.2) is 0 Å². The molecule has 0 bridgehead atoms. The van der Waals surface area contributed by atoms with E-state index in [-0.39, 0.29) is 10.8 Å². The molecule has 0 unspecified atom stereocenters. The summed E-state index contributed by atoms with van der Waals surface area (Å²) >= 11 is 0. The third-order valence-corrected chi connectivity index (χ3v) is 5.89. The molecule has 20 heavy (non-hydrogen) atoms. The molecule has 0 amide bonds. The molecule has 1 fully saturated rings. The molecule has 0 aromatic carbocycles. The summed E-state index contributed by atoms with van der Waals surface area (Å²) in [5, 5.41) is 0. The molecule has 100 valence electrons. The summed E-state index contributed by atoms with van der Waals surface area (Å²) in [7, 11) is 0. The normalized spacial score (nSPS) is 37.5. The molecule has 5 aliphatic carbocycles. The molecule has 0 aromatic rings. The highest BCUT2D eigenvalue weighted by atomic mass is 14.7. The van der Waals surface area contributed by atoms with E-state index >= 15 is 0 Å². The summed E-state index contributed by atoms with van der Waals surface area (Å²) in [5.41, 5.74) is 10.2. The van der Waals surface area contributed by atoms with Gasteiger partial charge in [0, 0.05) is 0 Å². The molecule has 0 nitrogen and oxygen atoms in total. The van der Waals surface area contributed by atoms with Crippen molar-refractivity contribution in [3.05, 3.63) is 69.9 Å². The highest BCUT2D eigenvalue weighted by Crippen LogP contribution is 2.82. The predicted molar refractivity (Wildman–Crippen MR) is 83.2 cm³/mol. The second kappa shape index (κ2) is 3.19. The van der Waals surface area contributed by atoms with E-state index in [4.69, 9.17) is 0 Å². The van der Waals surface area contributed by atoms with Crippen LogP contribution in [-0.2, 0) is 0 Å². The van der Waals surface area contributed by atoms with Gasteiger partial charge >= 0.3 is 0 Å². The van der Waals surface area contributed by atoms with Crippen molar-refractivity contribution in [1.29, 1.82) is 0 Å². The smallest absolute Gasteiger partial charge is 0.0596 e. The van der Waals surface area contributed by atoms with Crippen molar-refractivity contribution in [2.75, 3.05) is 0 Å². The molecule has 5 aliphatic rings. The van der Waals surface area contributed by atoms with E-state index in [0.717, 1.165) is 0 Å². The fourth-order valence-corrected chi connectivity index (χ4v) is 5.21. The SMILES string of the molecule is CCCC1=CC23C1=CC=C2C12C=C(CCC)C1=CC=C32. The van der Waals surface area contributed by atoms with Gasteiger partial charge in [-0.05, 0) is 46.3 Å². The molecule has 0 aliphatic heterocycles. The Hall–Kier alpha value is -1.56. The van der Waals surface area contributed by atoms with E-state index in [1.54, 1.807) is 33.4 Å². The van der Waals surface area contributed by atoms with E-state index in [1.165, 1.54) is 25.7 Å². The van der Waals surface area contributed by atoms with Crippen LogP contribution in [0.5, 0.6) is 0 Å². The maximum Gasteiger partial charge on any atom is 0.0596 e. The molecule has 0 heterocycles.